The molecule has 0 radical (unpaired) electrons. The van der Waals surface area contributed by atoms with E-state index < -0.39 is 10.0 Å². The van der Waals surface area contributed by atoms with Gasteiger partial charge in [0.1, 0.15) is 0 Å². The van der Waals surface area contributed by atoms with Crippen molar-refractivity contribution < 1.29 is 13.2 Å². The van der Waals surface area contributed by atoms with Gasteiger partial charge in [-0.1, -0.05) is 15.9 Å². The molecule has 1 unspecified atom stereocenters. The molecule has 2 N–H and O–H groups in total. The molecule has 0 saturated carbocycles. The molecule has 1 saturated heterocycles. The Balaban J connectivity index is 2.22. The largest absolute Gasteiger partial charge is 0.356 e. The molecule has 0 spiro atoms. The molecule has 1 aliphatic heterocycles. The molecule has 20 heavy (non-hydrogen) atoms. The number of halogens is 1. The lowest BCUT2D eigenvalue weighted by Gasteiger charge is -2.23. The van der Waals surface area contributed by atoms with Gasteiger partial charge >= 0.3 is 0 Å². The van der Waals surface area contributed by atoms with Crippen LogP contribution in [0.2, 0.25) is 0 Å². The van der Waals surface area contributed by atoms with Gasteiger partial charge in [0.25, 0.3) is 10.0 Å². The normalized spacial score (nSPS) is 20.4. The minimum absolute atomic E-state index is 0.108. The first-order chi connectivity index (χ1) is 9.47. The van der Waals surface area contributed by atoms with Crippen LogP contribution in [0.25, 0.3) is 10.9 Å². The van der Waals surface area contributed by atoms with Crippen molar-refractivity contribution in [2.75, 3.05) is 6.61 Å². The van der Waals surface area contributed by atoms with E-state index >= 15 is 0 Å². The van der Waals surface area contributed by atoms with E-state index in [-0.39, 0.29) is 11.3 Å². The molecule has 2 aromatic rings. The van der Waals surface area contributed by atoms with Crippen LogP contribution in [0.3, 0.4) is 0 Å². The molecule has 1 fully saturated rings. The number of hydrogen-bond donors (Lipinski definition) is 1. The highest BCUT2D eigenvalue weighted by Gasteiger charge is 2.25. The van der Waals surface area contributed by atoms with Crippen LogP contribution in [-0.4, -0.2) is 24.8 Å². The van der Waals surface area contributed by atoms with E-state index in [9.17, 15) is 8.42 Å². The predicted molar refractivity (Wildman–Crippen MR) is 77.6 cm³/mol. The fraction of sp³-hybridized carbons (Fsp3) is 0.417. The Hall–Kier alpha value is -0.960. The van der Waals surface area contributed by atoms with Crippen LogP contribution in [-0.2, 0) is 14.8 Å². The molecule has 3 rings (SSSR count). The van der Waals surface area contributed by atoms with Crippen molar-refractivity contribution in [1.29, 1.82) is 0 Å². The second kappa shape index (κ2) is 5.10. The van der Waals surface area contributed by atoms with Crippen LogP contribution in [0.5, 0.6) is 0 Å². The minimum Gasteiger partial charge on any atom is -0.356 e. The quantitative estimate of drug-likeness (QED) is 0.889. The van der Waals surface area contributed by atoms with Crippen molar-refractivity contribution in [1.82, 2.24) is 9.78 Å². The van der Waals surface area contributed by atoms with E-state index in [1.165, 1.54) is 0 Å². The van der Waals surface area contributed by atoms with E-state index in [0.717, 1.165) is 23.7 Å². The number of hydrogen-bond acceptors (Lipinski definition) is 4. The SMILES string of the molecule is NS(=O)(=O)c1nn(C2CCCCO2)c2ccc(Br)cc12. The predicted octanol–water partition coefficient (Wildman–Crippen LogP) is 2.15. The summed E-state index contributed by atoms with van der Waals surface area (Å²) in [4.78, 5) is 0. The van der Waals surface area contributed by atoms with E-state index in [1.54, 1.807) is 10.7 Å². The summed E-state index contributed by atoms with van der Waals surface area (Å²) in [6.07, 6.45) is 2.64. The van der Waals surface area contributed by atoms with Crippen LogP contribution in [0, 0.1) is 0 Å². The highest BCUT2D eigenvalue weighted by atomic mass is 79.9. The number of nitrogens with zero attached hydrogens (tertiary/aromatic N) is 2. The molecule has 1 aliphatic rings. The van der Waals surface area contributed by atoms with Gasteiger partial charge in [-0.3, -0.25) is 0 Å². The maximum absolute atomic E-state index is 11.7. The lowest BCUT2D eigenvalue weighted by atomic mass is 10.2. The standard InChI is InChI=1S/C12H14BrN3O3S/c13-8-4-5-10-9(7-8)12(20(14,17)18)15-16(10)11-3-1-2-6-19-11/h4-5,7,11H,1-3,6H2,(H2,14,17,18). The third-order valence-corrected chi connectivity index (χ3v) is 4.67. The van der Waals surface area contributed by atoms with Gasteiger partial charge in [-0.2, -0.15) is 5.10 Å². The van der Waals surface area contributed by atoms with Gasteiger partial charge in [-0.05, 0) is 37.5 Å². The van der Waals surface area contributed by atoms with Gasteiger partial charge in [-0.25, -0.2) is 18.2 Å². The molecule has 8 heteroatoms. The third-order valence-electron chi connectivity index (χ3n) is 3.33. The Morgan fingerprint density at radius 1 is 1.40 bits per heavy atom. The maximum Gasteiger partial charge on any atom is 0.258 e. The zero-order chi connectivity index (χ0) is 14.3. The van der Waals surface area contributed by atoms with Crippen LogP contribution >= 0.6 is 15.9 Å². The first-order valence-corrected chi connectivity index (χ1v) is 8.63. The van der Waals surface area contributed by atoms with Gasteiger partial charge in [0.15, 0.2) is 11.3 Å². The van der Waals surface area contributed by atoms with Crippen molar-refractivity contribution in [3.63, 3.8) is 0 Å². The summed E-state index contributed by atoms with van der Waals surface area (Å²) in [6, 6.07) is 5.37. The van der Waals surface area contributed by atoms with Crippen molar-refractivity contribution in [2.45, 2.75) is 30.5 Å². The summed E-state index contributed by atoms with van der Waals surface area (Å²) in [6.45, 7) is 0.660. The summed E-state index contributed by atoms with van der Waals surface area (Å²) in [5, 5.41) is 9.84. The molecule has 0 bridgehead atoms. The number of sulfonamides is 1. The Bertz CT molecular complexity index is 751. The molecule has 108 valence electrons. The number of benzene rings is 1. The first kappa shape index (κ1) is 14.0. The highest BCUT2D eigenvalue weighted by molar-refractivity contribution is 9.10. The molecule has 2 heterocycles. The zero-order valence-corrected chi connectivity index (χ0v) is 13.0. The Labute approximate surface area is 125 Å². The van der Waals surface area contributed by atoms with E-state index in [0.29, 0.717) is 17.5 Å². The number of aromatic nitrogens is 2. The average Bonchev–Trinajstić information content (AvgIpc) is 2.78. The fourth-order valence-corrected chi connectivity index (χ4v) is 3.46. The Morgan fingerprint density at radius 3 is 2.85 bits per heavy atom. The van der Waals surface area contributed by atoms with Crippen LogP contribution in [0.4, 0.5) is 0 Å². The number of fused-ring (bicyclic) bond motifs is 1. The average molecular weight is 360 g/mol. The smallest absolute Gasteiger partial charge is 0.258 e. The third kappa shape index (κ3) is 2.48. The number of primary sulfonamides is 1. The van der Waals surface area contributed by atoms with E-state index in [1.807, 2.05) is 12.1 Å². The monoisotopic (exact) mass is 359 g/mol. The van der Waals surface area contributed by atoms with Crippen LogP contribution in [0.1, 0.15) is 25.5 Å². The summed E-state index contributed by atoms with van der Waals surface area (Å²) < 4.78 is 31.5. The number of rotatable bonds is 2. The molecule has 1 aromatic heterocycles. The van der Waals surface area contributed by atoms with E-state index in [2.05, 4.69) is 21.0 Å². The van der Waals surface area contributed by atoms with Gasteiger partial charge in [0, 0.05) is 16.5 Å². The topological polar surface area (TPSA) is 87.2 Å². The lowest BCUT2D eigenvalue weighted by molar-refractivity contribution is -0.0373. The maximum atomic E-state index is 11.7. The fourth-order valence-electron chi connectivity index (χ4n) is 2.43. The molecule has 0 amide bonds. The van der Waals surface area contributed by atoms with E-state index in [4.69, 9.17) is 9.88 Å². The molecule has 1 atom stereocenters. The van der Waals surface area contributed by atoms with Crippen LogP contribution in [0.15, 0.2) is 27.7 Å². The second-order valence-corrected chi connectivity index (χ2v) is 7.17. The Kier molecular flexibility index (Phi) is 3.57. The summed E-state index contributed by atoms with van der Waals surface area (Å²) >= 11 is 3.33. The molecular formula is C12H14BrN3O3S. The summed E-state index contributed by atoms with van der Waals surface area (Å²) in [5.41, 5.74) is 0.712. The molecule has 0 aliphatic carbocycles. The highest BCUT2D eigenvalue weighted by Crippen LogP contribution is 2.31. The summed E-state index contributed by atoms with van der Waals surface area (Å²) in [7, 11) is -3.87. The first-order valence-electron chi connectivity index (χ1n) is 6.29. The Morgan fingerprint density at radius 2 is 2.20 bits per heavy atom. The van der Waals surface area contributed by atoms with Crippen molar-refractivity contribution in [3.05, 3.63) is 22.7 Å². The molecule has 6 nitrogen and oxygen atoms in total. The number of ether oxygens (including phenoxy) is 1. The second-order valence-electron chi connectivity index (χ2n) is 4.78. The summed E-state index contributed by atoms with van der Waals surface area (Å²) in [5.74, 6) is 0. The van der Waals surface area contributed by atoms with Crippen LogP contribution < -0.4 is 5.14 Å². The minimum atomic E-state index is -3.87. The van der Waals surface area contributed by atoms with Gasteiger partial charge in [0.05, 0.1) is 5.52 Å². The van der Waals surface area contributed by atoms with Crippen molar-refractivity contribution in [2.24, 2.45) is 5.14 Å². The molecule has 1 aromatic carbocycles. The van der Waals surface area contributed by atoms with Gasteiger partial charge < -0.3 is 4.74 Å². The van der Waals surface area contributed by atoms with Gasteiger partial charge in [-0.15, -0.1) is 0 Å². The number of nitrogens with two attached hydrogens (primary N) is 1. The van der Waals surface area contributed by atoms with Gasteiger partial charge in [0.2, 0.25) is 0 Å². The zero-order valence-electron chi connectivity index (χ0n) is 10.6. The van der Waals surface area contributed by atoms with Crippen molar-refractivity contribution in [3.8, 4) is 0 Å². The van der Waals surface area contributed by atoms with Crippen molar-refractivity contribution >= 4 is 36.9 Å². The lowest BCUT2D eigenvalue weighted by Crippen LogP contribution is -2.20. The molecular weight excluding hydrogens is 346 g/mol.